The molecule has 3 unspecified atom stereocenters. The first-order valence-corrected chi connectivity index (χ1v) is 17.6. The molecule has 18 atom stereocenters. The second kappa shape index (κ2) is 8.61. The number of aliphatic hydroxyl groups excluding tert-OH is 4. The monoisotopic (exact) mass is 618 g/mol. The molecule has 0 amide bonds. The molecule has 9 aliphatic rings. The van der Waals surface area contributed by atoms with Gasteiger partial charge in [0.15, 0.2) is 12.6 Å². The highest BCUT2D eigenvalue weighted by Gasteiger charge is 2.85. The van der Waals surface area contributed by atoms with Crippen LogP contribution in [0.15, 0.2) is 0 Å². The average molecular weight is 619 g/mol. The van der Waals surface area contributed by atoms with Crippen molar-refractivity contribution < 1.29 is 44.1 Å². The smallest absolute Gasteiger partial charge is 0.201 e. The van der Waals surface area contributed by atoms with E-state index in [9.17, 15) is 20.4 Å². The molecule has 0 bridgehead atoms. The molecule has 0 aromatic heterocycles. The molecule has 0 aromatic rings. The van der Waals surface area contributed by atoms with Crippen molar-refractivity contribution in [1.82, 2.24) is 0 Å². The SMILES string of the molecule is C[C@@H]1CC2(OC(O)[C@]3(C)O[C@H]23)O[C@H]2C[C@@]3(C)[C@@H]4CC[C@H]5C(C)(C)C(O[C@@H]6OC[C@@H](O)[C@H](O)[C@H]6O)CC[C@@]56C[C@@]46CC[C@]3(C)[C@@H]12. The van der Waals surface area contributed by atoms with Gasteiger partial charge in [-0.1, -0.05) is 34.6 Å². The quantitative estimate of drug-likeness (QED) is 0.271. The predicted octanol–water partition coefficient (Wildman–Crippen LogP) is 3.49. The van der Waals surface area contributed by atoms with Gasteiger partial charge in [0.25, 0.3) is 0 Å². The van der Waals surface area contributed by atoms with Crippen LogP contribution in [0, 0.1) is 50.7 Å². The van der Waals surface area contributed by atoms with Gasteiger partial charge in [0.05, 0.1) is 18.8 Å². The van der Waals surface area contributed by atoms with Crippen molar-refractivity contribution >= 4 is 0 Å². The van der Waals surface area contributed by atoms with E-state index in [0.29, 0.717) is 34.5 Å². The summed E-state index contributed by atoms with van der Waals surface area (Å²) in [7, 11) is 0. The first-order valence-electron chi connectivity index (χ1n) is 17.6. The molecular formula is C35H54O9. The number of hydrogen-bond acceptors (Lipinski definition) is 9. The van der Waals surface area contributed by atoms with Crippen LogP contribution in [0.1, 0.15) is 99.3 Å². The summed E-state index contributed by atoms with van der Waals surface area (Å²) in [6.45, 7) is 14.2. The first-order chi connectivity index (χ1) is 20.6. The average Bonchev–Trinajstić information content (AvgIpc) is 3.80. The minimum Gasteiger partial charge on any atom is -0.388 e. The molecular weight excluding hydrogens is 564 g/mol. The Labute approximate surface area is 261 Å². The third-order valence-corrected chi connectivity index (χ3v) is 16.4. The lowest BCUT2D eigenvalue weighted by atomic mass is 9.41. The molecule has 4 aliphatic heterocycles. The molecule has 3 spiro atoms. The third-order valence-electron chi connectivity index (χ3n) is 16.4. The Morgan fingerprint density at radius 2 is 1.48 bits per heavy atom. The minimum absolute atomic E-state index is 0.0311. The molecule has 5 saturated carbocycles. The minimum atomic E-state index is -1.26. The maximum Gasteiger partial charge on any atom is 0.201 e. The zero-order valence-corrected chi connectivity index (χ0v) is 27.3. The van der Waals surface area contributed by atoms with Crippen LogP contribution in [0.25, 0.3) is 0 Å². The molecule has 248 valence electrons. The van der Waals surface area contributed by atoms with Crippen LogP contribution in [-0.4, -0.2) is 87.6 Å². The van der Waals surface area contributed by atoms with Crippen LogP contribution in [0.4, 0.5) is 0 Å². The Balaban J connectivity index is 0.975. The summed E-state index contributed by atoms with van der Waals surface area (Å²) in [5.41, 5.74) is 0.339. The molecule has 44 heavy (non-hydrogen) atoms. The number of ether oxygens (including phenoxy) is 5. The van der Waals surface area contributed by atoms with E-state index in [-0.39, 0.29) is 41.2 Å². The Kier molecular flexibility index (Phi) is 5.83. The standard InChI is InChI=1S/C35H54O9/c1-17-13-35(27-32(6,43-27)28(39)44-35)42-19-14-31(5)21-8-7-20-29(2,3)22(41-26-25(38)24(37)18(36)15-40-26)9-10-33(20)16-34(21,33)12-11-30(31,4)23(17)19/h17-28,36-39H,7-16H2,1-6H3/t17-,18-,19+,20+,21+,22?,23+,24+,25-,26+,27+,28?,30-,31+,32-,33-,34+,35?/m1/s1. The molecule has 9 nitrogen and oxygen atoms in total. The Morgan fingerprint density at radius 1 is 0.750 bits per heavy atom. The summed E-state index contributed by atoms with van der Waals surface area (Å²) in [6, 6.07) is 0. The van der Waals surface area contributed by atoms with Crippen molar-refractivity contribution in [2.75, 3.05) is 6.61 Å². The molecule has 4 saturated heterocycles. The zero-order valence-electron chi connectivity index (χ0n) is 27.3. The maximum atomic E-state index is 10.7. The number of aliphatic hydroxyl groups is 4. The highest BCUT2D eigenvalue weighted by atomic mass is 16.8. The van der Waals surface area contributed by atoms with Crippen LogP contribution in [0.5, 0.6) is 0 Å². The maximum absolute atomic E-state index is 10.7. The molecule has 5 aliphatic carbocycles. The normalized spacial score (nSPS) is 66.4. The van der Waals surface area contributed by atoms with E-state index in [2.05, 4.69) is 34.6 Å². The second-order valence-electron chi connectivity index (χ2n) is 18.3. The van der Waals surface area contributed by atoms with Crippen LogP contribution in [-0.2, 0) is 23.7 Å². The fourth-order valence-electron chi connectivity index (χ4n) is 14.3. The molecule has 9 fully saturated rings. The van der Waals surface area contributed by atoms with Gasteiger partial charge in [-0.15, -0.1) is 0 Å². The Morgan fingerprint density at radius 3 is 2.18 bits per heavy atom. The highest BCUT2D eigenvalue weighted by Crippen LogP contribution is 2.89. The van der Waals surface area contributed by atoms with Crippen LogP contribution in [0.3, 0.4) is 0 Å². The second-order valence-corrected chi connectivity index (χ2v) is 18.3. The Bertz CT molecular complexity index is 1240. The van der Waals surface area contributed by atoms with Gasteiger partial charge in [-0.25, -0.2) is 0 Å². The van der Waals surface area contributed by atoms with E-state index >= 15 is 0 Å². The van der Waals surface area contributed by atoms with Crippen molar-refractivity contribution in [3.8, 4) is 0 Å². The summed E-state index contributed by atoms with van der Waals surface area (Å²) >= 11 is 0. The van der Waals surface area contributed by atoms with E-state index in [1.54, 1.807) is 0 Å². The van der Waals surface area contributed by atoms with E-state index in [1.165, 1.54) is 32.1 Å². The van der Waals surface area contributed by atoms with Crippen LogP contribution < -0.4 is 0 Å². The molecule has 9 heteroatoms. The summed E-state index contributed by atoms with van der Waals surface area (Å²) in [4.78, 5) is 0. The zero-order chi connectivity index (χ0) is 31.0. The highest BCUT2D eigenvalue weighted by molar-refractivity contribution is 5.32. The van der Waals surface area contributed by atoms with Crippen molar-refractivity contribution in [2.45, 2.75) is 160 Å². The third kappa shape index (κ3) is 3.24. The summed E-state index contributed by atoms with van der Waals surface area (Å²) < 4.78 is 31.4. The number of epoxide rings is 1. The molecule has 4 heterocycles. The Hall–Kier alpha value is -0.360. The molecule has 0 radical (unpaired) electrons. The number of rotatable bonds is 2. The van der Waals surface area contributed by atoms with Gasteiger partial charge in [0.1, 0.15) is 30.0 Å². The lowest BCUT2D eigenvalue weighted by molar-refractivity contribution is -0.344. The lowest BCUT2D eigenvalue weighted by Gasteiger charge is -2.63. The van der Waals surface area contributed by atoms with Crippen LogP contribution >= 0.6 is 0 Å². The molecule has 4 N–H and O–H groups in total. The van der Waals surface area contributed by atoms with Gasteiger partial charge < -0.3 is 44.1 Å². The van der Waals surface area contributed by atoms with Crippen molar-refractivity contribution in [2.24, 2.45) is 50.7 Å². The van der Waals surface area contributed by atoms with Gasteiger partial charge in [-0.2, -0.15) is 0 Å². The van der Waals surface area contributed by atoms with Crippen molar-refractivity contribution in [1.29, 1.82) is 0 Å². The van der Waals surface area contributed by atoms with E-state index < -0.39 is 42.3 Å². The fourth-order valence-corrected chi connectivity index (χ4v) is 14.3. The number of hydrogen-bond donors (Lipinski definition) is 4. The number of fused-ring (bicyclic) bond motifs is 6. The van der Waals surface area contributed by atoms with Crippen LogP contribution in [0.2, 0.25) is 0 Å². The molecule has 9 rings (SSSR count). The van der Waals surface area contributed by atoms with Gasteiger partial charge >= 0.3 is 0 Å². The van der Waals surface area contributed by atoms with Gasteiger partial charge in [0, 0.05) is 6.42 Å². The largest absolute Gasteiger partial charge is 0.388 e. The molecule has 0 aromatic carbocycles. The van der Waals surface area contributed by atoms with E-state index in [1.807, 2.05) is 6.92 Å². The first kappa shape index (κ1) is 29.8. The fraction of sp³-hybridized carbons (Fsp3) is 1.00. The van der Waals surface area contributed by atoms with Crippen molar-refractivity contribution in [3.05, 3.63) is 0 Å². The van der Waals surface area contributed by atoms with Crippen molar-refractivity contribution in [3.63, 3.8) is 0 Å². The lowest BCUT2D eigenvalue weighted by Crippen LogP contribution is -2.60. The topological polar surface area (TPSA) is 130 Å². The van der Waals surface area contributed by atoms with Gasteiger partial charge in [0.2, 0.25) is 5.79 Å². The summed E-state index contributed by atoms with van der Waals surface area (Å²) in [6.07, 6.45) is 4.54. The predicted molar refractivity (Wildman–Crippen MR) is 157 cm³/mol. The summed E-state index contributed by atoms with van der Waals surface area (Å²) in [5.74, 6) is 1.28. The van der Waals surface area contributed by atoms with Gasteiger partial charge in [-0.05, 0) is 109 Å². The van der Waals surface area contributed by atoms with E-state index in [0.717, 1.165) is 25.7 Å². The van der Waals surface area contributed by atoms with Gasteiger partial charge in [-0.3, -0.25) is 0 Å². The van der Waals surface area contributed by atoms with E-state index in [4.69, 9.17) is 23.7 Å². The summed E-state index contributed by atoms with van der Waals surface area (Å²) in [5, 5.41) is 41.5.